The molecule has 1 fully saturated rings. The second kappa shape index (κ2) is 5.48. The fourth-order valence-electron chi connectivity index (χ4n) is 2.30. The summed E-state index contributed by atoms with van der Waals surface area (Å²) < 4.78 is 5.52. The quantitative estimate of drug-likeness (QED) is 0.795. The van der Waals surface area contributed by atoms with Gasteiger partial charge in [0.1, 0.15) is 0 Å². The van der Waals surface area contributed by atoms with E-state index in [1.165, 1.54) is 19.4 Å². The highest BCUT2D eigenvalue weighted by molar-refractivity contribution is 4.89. The summed E-state index contributed by atoms with van der Waals surface area (Å²) in [5.74, 6) is 0. The molecule has 1 aliphatic heterocycles. The van der Waals surface area contributed by atoms with Crippen molar-refractivity contribution in [1.29, 1.82) is 0 Å². The molecule has 3 nitrogen and oxygen atoms in total. The molecule has 0 radical (unpaired) electrons. The van der Waals surface area contributed by atoms with Crippen molar-refractivity contribution >= 4 is 0 Å². The van der Waals surface area contributed by atoms with Gasteiger partial charge in [-0.2, -0.15) is 0 Å². The smallest absolute Gasteiger partial charge is 0.0749 e. The van der Waals surface area contributed by atoms with E-state index in [0.29, 0.717) is 0 Å². The molecule has 0 spiro atoms. The standard InChI is InChI=1S/C13H28N2O/c1-6-13(4)11-15(9-7-8-14-13)10-12(2,3)16-5/h14H,6-11H2,1-5H3. The Morgan fingerprint density at radius 2 is 2.12 bits per heavy atom. The van der Waals surface area contributed by atoms with Gasteiger partial charge in [0.25, 0.3) is 0 Å². The minimum Gasteiger partial charge on any atom is -0.377 e. The van der Waals surface area contributed by atoms with Gasteiger partial charge >= 0.3 is 0 Å². The minimum atomic E-state index is -0.0427. The summed E-state index contributed by atoms with van der Waals surface area (Å²) in [5.41, 5.74) is 0.222. The summed E-state index contributed by atoms with van der Waals surface area (Å²) in [4.78, 5) is 2.53. The molecule has 1 rings (SSSR count). The number of nitrogens with one attached hydrogen (secondary N) is 1. The van der Waals surface area contributed by atoms with Crippen LogP contribution in [0.5, 0.6) is 0 Å². The monoisotopic (exact) mass is 228 g/mol. The van der Waals surface area contributed by atoms with Crippen LogP contribution in [0.4, 0.5) is 0 Å². The molecule has 0 bridgehead atoms. The first-order valence-corrected chi connectivity index (χ1v) is 6.43. The van der Waals surface area contributed by atoms with Crippen LogP contribution in [0.25, 0.3) is 0 Å². The topological polar surface area (TPSA) is 24.5 Å². The van der Waals surface area contributed by atoms with Crippen molar-refractivity contribution in [3.05, 3.63) is 0 Å². The van der Waals surface area contributed by atoms with Crippen molar-refractivity contribution in [1.82, 2.24) is 10.2 Å². The predicted octanol–water partition coefficient (Wildman–Crippen LogP) is 1.88. The van der Waals surface area contributed by atoms with Crippen LogP contribution >= 0.6 is 0 Å². The van der Waals surface area contributed by atoms with Crippen molar-refractivity contribution in [2.75, 3.05) is 33.3 Å². The number of methoxy groups -OCH3 is 1. The molecule has 1 heterocycles. The van der Waals surface area contributed by atoms with E-state index in [1.807, 2.05) is 0 Å². The van der Waals surface area contributed by atoms with Gasteiger partial charge in [0.05, 0.1) is 5.60 Å². The van der Waals surface area contributed by atoms with Crippen molar-refractivity contribution in [2.24, 2.45) is 0 Å². The fraction of sp³-hybridized carbons (Fsp3) is 1.00. The first-order valence-electron chi connectivity index (χ1n) is 6.43. The van der Waals surface area contributed by atoms with Crippen LogP contribution in [0, 0.1) is 0 Å². The van der Waals surface area contributed by atoms with Crippen LogP contribution < -0.4 is 5.32 Å². The van der Waals surface area contributed by atoms with E-state index < -0.39 is 0 Å². The highest BCUT2D eigenvalue weighted by Crippen LogP contribution is 2.18. The van der Waals surface area contributed by atoms with Crippen molar-refractivity contribution in [3.63, 3.8) is 0 Å². The molecular formula is C13H28N2O. The van der Waals surface area contributed by atoms with Crippen LogP contribution in [0.1, 0.15) is 40.5 Å². The van der Waals surface area contributed by atoms with Crippen LogP contribution in [0.15, 0.2) is 0 Å². The summed E-state index contributed by atoms with van der Waals surface area (Å²) in [7, 11) is 1.80. The van der Waals surface area contributed by atoms with Gasteiger partial charge in [-0.15, -0.1) is 0 Å². The summed E-state index contributed by atoms with van der Waals surface area (Å²) in [5, 5.41) is 3.66. The lowest BCUT2D eigenvalue weighted by Crippen LogP contribution is -2.51. The number of hydrogen-bond donors (Lipinski definition) is 1. The molecule has 1 N–H and O–H groups in total. The third-order valence-corrected chi connectivity index (χ3v) is 3.71. The van der Waals surface area contributed by atoms with E-state index in [1.54, 1.807) is 7.11 Å². The zero-order valence-electron chi connectivity index (χ0n) is 11.6. The molecular weight excluding hydrogens is 200 g/mol. The third-order valence-electron chi connectivity index (χ3n) is 3.71. The van der Waals surface area contributed by atoms with Crippen molar-refractivity contribution in [2.45, 2.75) is 51.7 Å². The first-order chi connectivity index (χ1) is 7.41. The van der Waals surface area contributed by atoms with E-state index in [-0.39, 0.29) is 11.1 Å². The second-order valence-corrected chi connectivity index (χ2v) is 5.87. The molecule has 96 valence electrons. The Balaban J connectivity index is 2.59. The third kappa shape index (κ3) is 4.04. The van der Waals surface area contributed by atoms with Crippen molar-refractivity contribution in [3.8, 4) is 0 Å². The molecule has 1 saturated heterocycles. The van der Waals surface area contributed by atoms with Gasteiger partial charge in [-0.25, -0.2) is 0 Å². The zero-order chi connectivity index (χ0) is 12.2. The van der Waals surface area contributed by atoms with E-state index >= 15 is 0 Å². The summed E-state index contributed by atoms with van der Waals surface area (Å²) in [6, 6.07) is 0. The highest BCUT2D eigenvalue weighted by Gasteiger charge is 2.30. The molecule has 1 aliphatic rings. The van der Waals surface area contributed by atoms with Crippen LogP contribution in [-0.2, 0) is 4.74 Å². The Morgan fingerprint density at radius 3 is 2.69 bits per heavy atom. The lowest BCUT2D eigenvalue weighted by atomic mass is 9.98. The maximum atomic E-state index is 5.52. The van der Waals surface area contributed by atoms with Gasteiger partial charge < -0.3 is 10.1 Å². The molecule has 1 atom stereocenters. The SMILES string of the molecule is CCC1(C)CN(CC(C)(C)OC)CCCN1. The lowest BCUT2D eigenvalue weighted by Gasteiger charge is -2.36. The molecule has 3 heteroatoms. The van der Waals surface area contributed by atoms with E-state index in [0.717, 1.165) is 19.6 Å². The van der Waals surface area contributed by atoms with Crippen LogP contribution in [-0.4, -0.2) is 49.3 Å². The van der Waals surface area contributed by atoms with Gasteiger partial charge in [-0.3, -0.25) is 4.90 Å². The second-order valence-electron chi connectivity index (χ2n) is 5.87. The molecule has 0 saturated carbocycles. The predicted molar refractivity (Wildman–Crippen MR) is 68.8 cm³/mol. The largest absolute Gasteiger partial charge is 0.377 e. The van der Waals surface area contributed by atoms with Gasteiger partial charge in [0.2, 0.25) is 0 Å². The first kappa shape index (κ1) is 13.9. The Morgan fingerprint density at radius 1 is 1.44 bits per heavy atom. The maximum Gasteiger partial charge on any atom is 0.0749 e. The Hall–Kier alpha value is -0.120. The van der Waals surface area contributed by atoms with Gasteiger partial charge in [-0.05, 0) is 46.7 Å². The van der Waals surface area contributed by atoms with Gasteiger partial charge in [-0.1, -0.05) is 6.92 Å². The molecule has 16 heavy (non-hydrogen) atoms. The van der Waals surface area contributed by atoms with Crippen molar-refractivity contribution < 1.29 is 4.74 Å². The maximum absolute atomic E-state index is 5.52. The van der Waals surface area contributed by atoms with Crippen LogP contribution in [0.2, 0.25) is 0 Å². The average Bonchev–Trinajstić information content (AvgIpc) is 2.41. The zero-order valence-corrected chi connectivity index (χ0v) is 11.6. The molecule has 0 aromatic rings. The van der Waals surface area contributed by atoms with E-state index in [9.17, 15) is 0 Å². The van der Waals surface area contributed by atoms with Gasteiger partial charge in [0, 0.05) is 25.7 Å². The number of rotatable bonds is 4. The summed E-state index contributed by atoms with van der Waals surface area (Å²) >= 11 is 0. The van der Waals surface area contributed by atoms with Gasteiger partial charge in [0.15, 0.2) is 0 Å². The summed E-state index contributed by atoms with van der Waals surface area (Å²) in [6.45, 7) is 13.4. The average molecular weight is 228 g/mol. The fourth-order valence-corrected chi connectivity index (χ4v) is 2.30. The molecule has 0 aliphatic carbocycles. The Bertz CT molecular complexity index is 218. The van der Waals surface area contributed by atoms with Crippen LogP contribution in [0.3, 0.4) is 0 Å². The molecule has 0 aromatic heterocycles. The van der Waals surface area contributed by atoms with E-state index in [2.05, 4.69) is 37.9 Å². The number of nitrogens with zero attached hydrogens (tertiary/aromatic N) is 1. The summed E-state index contributed by atoms with van der Waals surface area (Å²) in [6.07, 6.45) is 2.41. The molecule has 1 unspecified atom stereocenters. The molecule has 0 aromatic carbocycles. The Kier molecular flexibility index (Phi) is 4.77. The lowest BCUT2D eigenvalue weighted by molar-refractivity contribution is -0.0105. The van der Waals surface area contributed by atoms with E-state index in [4.69, 9.17) is 4.74 Å². The number of hydrogen-bond acceptors (Lipinski definition) is 3. The molecule has 0 amide bonds. The normalized spacial score (nSPS) is 29.1. The number of ether oxygens (including phenoxy) is 1. The Labute approximate surface area is 101 Å². The minimum absolute atomic E-state index is 0.0427. The highest BCUT2D eigenvalue weighted by atomic mass is 16.5.